The van der Waals surface area contributed by atoms with E-state index < -0.39 is 17.5 Å². The minimum atomic E-state index is -0.899. The van der Waals surface area contributed by atoms with Crippen molar-refractivity contribution in [1.29, 1.82) is 5.26 Å². The first-order chi connectivity index (χ1) is 15.3. The number of nitrogens with two attached hydrogens (primary N) is 3. The van der Waals surface area contributed by atoms with Gasteiger partial charge < -0.3 is 17.3 Å². The van der Waals surface area contributed by atoms with Gasteiger partial charge in [0.05, 0.1) is 30.1 Å². The number of primary amides is 1. The van der Waals surface area contributed by atoms with Crippen LogP contribution in [0.5, 0.6) is 0 Å². The standard InChI is InChI=1S/C20H19FN10O/c1-11-12(7-22)3-2-4-14(11)20-27-18(17(21)19(24)28-20)15(29-25)9-26-8-13-5-6-31(30-13)10-16(23)32/h2-6,9H,8,10,25H2,1H3,(H2,23,32)(H2,24,27,28). The van der Waals surface area contributed by atoms with Gasteiger partial charge in [-0.1, -0.05) is 12.1 Å². The summed E-state index contributed by atoms with van der Waals surface area (Å²) in [5.74, 6) is 3.74. The fourth-order valence-corrected chi connectivity index (χ4v) is 2.87. The van der Waals surface area contributed by atoms with Crippen LogP contribution in [0, 0.1) is 24.1 Å². The highest BCUT2D eigenvalue weighted by Gasteiger charge is 2.19. The molecule has 11 nitrogen and oxygen atoms in total. The summed E-state index contributed by atoms with van der Waals surface area (Å²) in [5.41, 5.74) is 12.7. The van der Waals surface area contributed by atoms with Gasteiger partial charge in [0, 0.05) is 11.8 Å². The van der Waals surface area contributed by atoms with Gasteiger partial charge in [0.15, 0.2) is 17.5 Å². The van der Waals surface area contributed by atoms with Crippen LogP contribution < -0.4 is 17.3 Å². The van der Waals surface area contributed by atoms with Crippen LogP contribution >= 0.6 is 0 Å². The third-order valence-electron chi connectivity index (χ3n) is 4.43. The molecule has 0 atom stereocenters. The molecule has 6 N–H and O–H groups in total. The summed E-state index contributed by atoms with van der Waals surface area (Å²) in [4.78, 5) is 23.3. The number of nitriles is 1. The van der Waals surface area contributed by atoms with Crippen LogP contribution in [0.25, 0.3) is 11.4 Å². The summed E-state index contributed by atoms with van der Waals surface area (Å²) in [7, 11) is 0. The van der Waals surface area contributed by atoms with E-state index in [1.54, 1.807) is 37.4 Å². The first kappa shape index (κ1) is 22.0. The molecule has 3 aromatic rings. The van der Waals surface area contributed by atoms with Gasteiger partial charge in [-0.15, -0.1) is 0 Å². The maximum Gasteiger partial charge on any atom is 0.239 e. The number of anilines is 1. The molecule has 0 aliphatic heterocycles. The van der Waals surface area contributed by atoms with Gasteiger partial charge in [-0.25, -0.2) is 14.4 Å². The second kappa shape index (κ2) is 9.43. The number of benzene rings is 1. The lowest BCUT2D eigenvalue weighted by Crippen LogP contribution is -2.19. The Balaban J connectivity index is 1.90. The summed E-state index contributed by atoms with van der Waals surface area (Å²) >= 11 is 0. The summed E-state index contributed by atoms with van der Waals surface area (Å²) in [5, 5.41) is 17.0. The Labute approximate surface area is 182 Å². The quantitative estimate of drug-likeness (QED) is 0.276. The second-order valence-electron chi connectivity index (χ2n) is 6.64. The lowest BCUT2D eigenvalue weighted by molar-refractivity contribution is -0.118. The molecule has 162 valence electrons. The normalized spacial score (nSPS) is 11.6. The van der Waals surface area contributed by atoms with Crippen molar-refractivity contribution in [1.82, 2.24) is 19.7 Å². The smallest absolute Gasteiger partial charge is 0.239 e. The van der Waals surface area contributed by atoms with E-state index in [-0.39, 0.29) is 30.3 Å². The van der Waals surface area contributed by atoms with Crippen molar-refractivity contribution in [2.45, 2.75) is 20.0 Å². The van der Waals surface area contributed by atoms with Gasteiger partial charge >= 0.3 is 0 Å². The third-order valence-corrected chi connectivity index (χ3v) is 4.43. The van der Waals surface area contributed by atoms with E-state index in [0.717, 1.165) is 0 Å². The zero-order chi connectivity index (χ0) is 23.3. The van der Waals surface area contributed by atoms with Gasteiger partial charge in [-0.3, -0.25) is 14.5 Å². The molecule has 32 heavy (non-hydrogen) atoms. The number of carbonyl (C=O) groups is 1. The monoisotopic (exact) mass is 434 g/mol. The summed E-state index contributed by atoms with van der Waals surface area (Å²) in [6.45, 7) is 1.79. The lowest BCUT2D eigenvalue weighted by atomic mass is 10.0. The van der Waals surface area contributed by atoms with Crippen molar-refractivity contribution in [3.63, 3.8) is 0 Å². The number of amides is 1. The topological polar surface area (TPSA) is 187 Å². The highest BCUT2D eigenvalue weighted by Crippen LogP contribution is 2.25. The van der Waals surface area contributed by atoms with E-state index in [1.165, 1.54) is 10.9 Å². The second-order valence-corrected chi connectivity index (χ2v) is 6.64. The number of hydrazone groups is 1. The molecule has 0 aliphatic rings. The maximum atomic E-state index is 14.7. The average molecular weight is 434 g/mol. The van der Waals surface area contributed by atoms with Crippen LogP contribution in [0.15, 0.2) is 40.6 Å². The number of aliphatic imine (C=N–C) groups is 1. The Morgan fingerprint density at radius 2 is 2.12 bits per heavy atom. The number of carbonyl (C=O) groups excluding carboxylic acids is 1. The molecule has 0 spiro atoms. The van der Waals surface area contributed by atoms with Gasteiger partial charge in [-0.05, 0) is 24.6 Å². The molecule has 0 radical (unpaired) electrons. The van der Waals surface area contributed by atoms with E-state index in [1.807, 2.05) is 0 Å². The van der Waals surface area contributed by atoms with E-state index in [4.69, 9.17) is 17.3 Å². The molecular formula is C20H19FN10O. The Bertz CT molecular complexity index is 1270. The fraction of sp³-hybridized carbons (Fsp3) is 0.150. The van der Waals surface area contributed by atoms with Crippen molar-refractivity contribution in [3.05, 3.63) is 58.8 Å². The van der Waals surface area contributed by atoms with Gasteiger partial charge in [0.1, 0.15) is 18.0 Å². The van der Waals surface area contributed by atoms with Gasteiger partial charge in [0.25, 0.3) is 0 Å². The van der Waals surface area contributed by atoms with Crippen LogP contribution in [0.1, 0.15) is 22.5 Å². The molecule has 2 heterocycles. The molecule has 0 saturated heterocycles. The van der Waals surface area contributed by atoms with Crippen LogP contribution in [-0.4, -0.2) is 37.6 Å². The first-order valence-electron chi connectivity index (χ1n) is 9.25. The minimum Gasteiger partial charge on any atom is -0.381 e. The predicted octanol–water partition coefficient (Wildman–Crippen LogP) is 0.661. The molecule has 12 heteroatoms. The minimum absolute atomic E-state index is 0.0557. The van der Waals surface area contributed by atoms with Crippen molar-refractivity contribution >= 4 is 23.7 Å². The van der Waals surface area contributed by atoms with Crippen molar-refractivity contribution in [3.8, 4) is 17.5 Å². The van der Waals surface area contributed by atoms with Crippen LogP contribution in [-0.2, 0) is 17.9 Å². The molecule has 1 aromatic carbocycles. The van der Waals surface area contributed by atoms with Crippen molar-refractivity contribution in [2.75, 3.05) is 5.73 Å². The number of aromatic nitrogens is 4. The number of hydrogen-bond donors (Lipinski definition) is 3. The molecule has 3 rings (SSSR count). The molecule has 0 aliphatic carbocycles. The molecular weight excluding hydrogens is 415 g/mol. The Kier molecular flexibility index (Phi) is 6.50. The maximum absolute atomic E-state index is 14.7. The fourth-order valence-electron chi connectivity index (χ4n) is 2.87. The van der Waals surface area contributed by atoms with E-state index in [9.17, 15) is 14.4 Å². The Morgan fingerprint density at radius 3 is 2.81 bits per heavy atom. The number of rotatable bonds is 7. The molecule has 0 bridgehead atoms. The molecule has 2 aromatic heterocycles. The summed E-state index contributed by atoms with van der Waals surface area (Å²) in [6, 6.07) is 8.75. The summed E-state index contributed by atoms with van der Waals surface area (Å²) < 4.78 is 16.1. The third kappa shape index (κ3) is 4.73. The molecule has 0 fully saturated rings. The van der Waals surface area contributed by atoms with Crippen LogP contribution in [0.3, 0.4) is 0 Å². The lowest BCUT2D eigenvalue weighted by Gasteiger charge is -2.10. The number of hydrogen-bond acceptors (Lipinski definition) is 9. The SMILES string of the molecule is Cc1c(C#N)cccc1-c1nc(N)c(F)c(C(C=NCc2ccn(CC(N)=O)n2)=NN)n1. The molecule has 0 unspecified atom stereocenters. The zero-order valence-electron chi connectivity index (χ0n) is 17.0. The van der Waals surface area contributed by atoms with E-state index >= 15 is 0 Å². The number of nitrogens with zero attached hydrogens (tertiary/aromatic N) is 7. The van der Waals surface area contributed by atoms with Crippen LogP contribution in [0.4, 0.5) is 10.2 Å². The molecule has 0 saturated carbocycles. The van der Waals surface area contributed by atoms with Crippen molar-refractivity contribution < 1.29 is 9.18 Å². The van der Waals surface area contributed by atoms with Gasteiger partial charge in [0.2, 0.25) is 5.91 Å². The molecule has 1 amide bonds. The Morgan fingerprint density at radius 1 is 1.34 bits per heavy atom. The zero-order valence-corrected chi connectivity index (χ0v) is 17.0. The highest BCUT2D eigenvalue weighted by molar-refractivity contribution is 6.37. The Hall–Kier alpha value is -4.66. The average Bonchev–Trinajstić information content (AvgIpc) is 3.20. The largest absolute Gasteiger partial charge is 0.381 e. The number of nitrogen functional groups attached to an aromatic ring is 1. The summed E-state index contributed by atoms with van der Waals surface area (Å²) in [6.07, 6.45) is 2.82. The van der Waals surface area contributed by atoms with E-state index in [0.29, 0.717) is 22.4 Å². The first-order valence-corrected chi connectivity index (χ1v) is 9.25. The van der Waals surface area contributed by atoms with Crippen molar-refractivity contribution in [2.24, 2.45) is 21.7 Å². The van der Waals surface area contributed by atoms with Crippen LogP contribution in [0.2, 0.25) is 0 Å². The number of halogens is 1. The van der Waals surface area contributed by atoms with E-state index in [2.05, 4.69) is 31.2 Å². The predicted molar refractivity (Wildman–Crippen MR) is 116 cm³/mol. The highest BCUT2D eigenvalue weighted by atomic mass is 19.1. The van der Waals surface area contributed by atoms with Gasteiger partial charge in [-0.2, -0.15) is 15.5 Å².